The summed E-state index contributed by atoms with van der Waals surface area (Å²) in [6, 6.07) is 2.46. The standard InChI is InChI=1S/C14H11F3N2O3S/c15-14(16,17)11-1-3-18-5-10(11)13(21)19-6-12(20)22-7-9-2-4-23-8-9/h1-5,8H,6-7H2,(H,19,21). The Labute approximate surface area is 133 Å². The smallest absolute Gasteiger partial charge is 0.417 e. The van der Waals surface area contributed by atoms with Crippen LogP contribution in [0.1, 0.15) is 21.5 Å². The van der Waals surface area contributed by atoms with Crippen molar-refractivity contribution in [3.8, 4) is 0 Å². The predicted octanol–water partition coefficient (Wildman–Crippen LogP) is 2.64. The fraction of sp³-hybridized carbons (Fsp3) is 0.214. The molecule has 0 atom stereocenters. The van der Waals surface area contributed by atoms with Crippen LogP contribution < -0.4 is 5.32 Å². The molecule has 0 aliphatic heterocycles. The van der Waals surface area contributed by atoms with Gasteiger partial charge in [0.05, 0.1) is 11.1 Å². The molecule has 5 nitrogen and oxygen atoms in total. The van der Waals surface area contributed by atoms with Crippen molar-refractivity contribution in [2.75, 3.05) is 6.54 Å². The number of carbonyl (C=O) groups excluding carboxylic acids is 2. The highest BCUT2D eigenvalue weighted by Crippen LogP contribution is 2.31. The molecule has 0 radical (unpaired) electrons. The molecule has 0 saturated heterocycles. The average Bonchev–Trinajstić information content (AvgIpc) is 3.03. The zero-order chi connectivity index (χ0) is 16.9. The number of hydrogen-bond acceptors (Lipinski definition) is 5. The van der Waals surface area contributed by atoms with Gasteiger partial charge in [0.1, 0.15) is 13.2 Å². The lowest BCUT2D eigenvalue weighted by atomic mass is 10.1. The van der Waals surface area contributed by atoms with Crippen LogP contribution in [0.5, 0.6) is 0 Å². The number of aromatic nitrogens is 1. The molecule has 2 heterocycles. The first-order valence-corrected chi connectivity index (χ1v) is 7.28. The highest BCUT2D eigenvalue weighted by atomic mass is 32.1. The third-order valence-corrected chi connectivity index (χ3v) is 3.48. The van der Waals surface area contributed by atoms with E-state index in [4.69, 9.17) is 4.74 Å². The number of esters is 1. The molecule has 122 valence electrons. The number of hydrogen-bond donors (Lipinski definition) is 1. The van der Waals surface area contributed by atoms with E-state index in [-0.39, 0.29) is 6.61 Å². The number of alkyl halides is 3. The number of rotatable bonds is 5. The second kappa shape index (κ2) is 7.23. The van der Waals surface area contributed by atoms with Gasteiger partial charge in [-0.3, -0.25) is 14.6 Å². The van der Waals surface area contributed by atoms with Crippen molar-refractivity contribution in [1.82, 2.24) is 10.3 Å². The lowest BCUT2D eigenvalue weighted by molar-refractivity contribution is -0.143. The molecule has 0 aromatic carbocycles. The largest absolute Gasteiger partial charge is 0.459 e. The summed E-state index contributed by atoms with van der Waals surface area (Å²) in [5.74, 6) is -1.79. The Morgan fingerprint density at radius 1 is 1.30 bits per heavy atom. The van der Waals surface area contributed by atoms with Crippen molar-refractivity contribution in [2.45, 2.75) is 12.8 Å². The lowest BCUT2D eigenvalue weighted by Gasteiger charge is -2.11. The Kier molecular flexibility index (Phi) is 5.32. The van der Waals surface area contributed by atoms with Gasteiger partial charge in [0, 0.05) is 18.0 Å². The molecule has 9 heteroatoms. The number of nitrogens with one attached hydrogen (secondary N) is 1. The molecule has 2 aromatic heterocycles. The maximum absolute atomic E-state index is 12.8. The van der Waals surface area contributed by atoms with Crippen LogP contribution in [-0.4, -0.2) is 23.4 Å². The lowest BCUT2D eigenvalue weighted by Crippen LogP contribution is -2.32. The highest BCUT2D eigenvalue weighted by molar-refractivity contribution is 7.07. The minimum Gasteiger partial charge on any atom is -0.459 e. The summed E-state index contributed by atoms with van der Waals surface area (Å²) < 4.78 is 43.2. The molecule has 0 bridgehead atoms. The number of carbonyl (C=O) groups is 2. The van der Waals surface area contributed by atoms with E-state index in [1.54, 1.807) is 11.4 Å². The number of halogens is 3. The summed E-state index contributed by atoms with van der Waals surface area (Å²) in [6.45, 7) is -0.492. The van der Waals surface area contributed by atoms with Gasteiger partial charge in [0.25, 0.3) is 5.91 Å². The van der Waals surface area contributed by atoms with E-state index in [0.29, 0.717) is 6.07 Å². The second-order valence-electron chi connectivity index (χ2n) is 4.39. The topological polar surface area (TPSA) is 68.3 Å². The first kappa shape index (κ1) is 16.9. The van der Waals surface area contributed by atoms with Crippen LogP contribution in [0, 0.1) is 0 Å². The Balaban J connectivity index is 1.91. The Bertz CT molecular complexity index is 687. The van der Waals surface area contributed by atoms with Gasteiger partial charge in [0.2, 0.25) is 0 Å². The Hall–Kier alpha value is -2.42. The van der Waals surface area contributed by atoms with Crippen molar-refractivity contribution < 1.29 is 27.5 Å². The van der Waals surface area contributed by atoms with E-state index in [2.05, 4.69) is 10.3 Å². The molecule has 0 aliphatic rings. The number of pyridine rings is 1. The molecule has 0 fully saturated rings. The summed E-state index contributed by atoms with van der Waals surface area (Å²) in [5.41, 5.74) is -0.969. The van der Waals surface area contributed by atoms with E-state index in [1.165, 1.54) is 11.3 Å². The van der Waals surface area contributed by atoms with Crippen LogP contribution in [0.25, 0.3) is 0 Å². The first-order valence-electron chi connectivity index (χ1n) is 6.34. The van der Waals surface area contributed by atoms with Crippen molar-refractivity contribution in [3.63, 3.8) is 0 Å². The van der Waals surface area contributed by atoms with E-state index in [9.17, 15) is 22.8 Å². The molecular formula is C14H11F3N2O3S. The highest BCUT2D eigenvalue weighted by Gasteiger charge is 2.35. The molecule has 1 N–H and O–H groups in total. The molecule has 23 heavy (non-hydrogen) atoms. The van der Waals surface area contributed by atoms with Crippen LogP contribution >= 0.6 is 11.3 Å². The van der Waals surface area contributed by atoms with Crippen molar-refractivity contribution in [2.24, 2.45) is 0 Å². The monoisotopic (exact) mass is 344 g/mol. The predicted molar refractivity (Wildman–Crippen MR) is 75.7 cm³/mol. The zero-order valence-electron chi connectivity index (χ0n) is 11.6. The van der Waals surface area contributed by atoms with Crippen LogP contribution in [0.15, 0.2) is 35.3 Å². The summed E-state index contributed by atoms with van der Waals surface area (Å²) in [5, 5.41) is 5.69. The minimum atomic E-state index is -4.69. The van der Waals surface area contributed by atoms with Crippen molar-refractivity contribution in [1.29, 1.82) is 0 Å². The number of amides is 1. The van der Waals surface area contributed by atoms with Gasteiger partial charge in [-0.2, -0.15) is 24.5 Å². The van der Waals surface area contributed by atoms with E-state index < -0.39 is 35.7 Å². The second-order valence-corrected chi connectivity index (χ2v) is 5.17. The van der Waals surface area contributed by atoms with Crippen molar-refractivity contribution in [3.05, 3.63) is 52.0 Å². The Morgan fingerprint density at radius 2 is 2.09 bits per heavy atom. The minimum absolute atomic E-state index is 0.0406. The molecule has 0 aliphatic carbocycles. The summed E-state index contributed by atoms with van der Waals surface area (Å²) in [4.78, 5) is 26.8. The average molecular weight is 344 g/mol. The van der Waals surface area contributed by atoms with Crippen LogP contribution in [0.3, 0.4) is 0 Å². The Morgan fingerprint density at radius 3 is 2.74 bits per heavy atom. The first-order chi connectivity index (χ1) is 10.9. The number of nitrogens with zero attached hydrogens (tertiary/aromatic N) is 1. The molecule has 2 aromatic rings. The fourth-order valence-corrected chi connectivity index (χ4v) is 2.31. The van der Waals surface area contributed by atoms with Gasteiger partial charge < -0.3 is 10.1 Å². The van der Waals surface area contributed by atoms with Gasteiger partial charge in [-0.15, -0.1) is 0 Å². The molecule has 0 spiro atoms. The van der Waals surface area contributed by atoms with E-state index >= 15 is 0 Å². The zero-order valence-corrected chi connectivity index (χ0v) is 12.4. The molecule has 2 rings (SSSR count). The molecule has 0 saturated carbocycles. The van der Waals surface area contributed by atoms with Crippen molar-refractivity contribution >= 4 is 23.2 Å². The number of ether oxygens (including phenoxy) is 1. The SMILES string of the molecule is O=C(CNC(=O)c1cnccc1C(F)(F)F)OCc1ccsc1. The van der Waals surface area contributed by atoms with Gasteiger partial charge >= 0.3 is 12.1 Å². The fourth-order valence-electron chi connectivity index (χ4n) is 1.66. The van der Waals surface area contributed by atoms with Crippen LogP contribution in [0.4, 0.5) is 13.2 Å². The molecule has 1 amide bonds. The maximum atomic E-state index is 12.8. The summed E-state index contributed by atoms with van der Waals surface area (Å²) in [6.07, 6.45) is -2.95. The van der Waals surface area contributed by atoms with Gasteiger partial charge in [-0.25, -0.2) is 0 Å². The number of thiophene rings is 1. The maximum Gasteiger partial charge on any atom is 0.417 e. The van der Waals surface area contributed by atoms with Gasteiger partial charge in [-0.1, -0.05) is 0 Å². The molecular weight excluding hydrogens is 333 g/mol. The van der Waals surface area contributed by atoms with Gasteiger partial charge in [-0.05, 0) is 22.9 Å². The third-order valence-electron chi connectivity index (χ3n) is 2.74. The van der Waals surface area contributed by atoms with Crippen LogP contribution in [0.2, 0.25) is 0 Å². The van der Waals surface area contributed by atoms with Crippen LogP contribution in [-0.2, 0) is 22.3 Å². The quantitative estimate of drug-likeness (QED) is 0.847. The third kappa shape index (κ3) is 4.78. The van der Waals surface area contributed by atoms with Gasteiger partial charge in [0.15, 0.2) is 0 Å². The van der Waals surface area contributed by atoms with E-state index in [0.717, 1.165) is 18.0 Å². The van der Waals surface area contributed by atoms with E-state index in [1.807, 2.05) is 5.38 Å². The summed E-state index contributed by atoms with van der Waals surface area (Å²) in [7, 11) is 0. The molecule has 0 unspecified atom stereocenters. The normalized spacial score (nSPS) is 11.1. The summed E-state index contributed by atoms with van der Waals surface area (Å²) >= 11 is 1.44.